The first-order valence-electron chi connectivity index (χ1n) is 5.63. The summed E-state index contributed by atoms with van der Waals surface area (Å²) in [5.41, 5.74) is 0.355. The minimum atomic E-state index is -4.37. The lowest BCUT2D eigenvalue weighted by Gasteiger charge is -2.09. The average molecular weight is 256 g/mol. The lowest BCUT2D eigenvalue weighted by molar-refractivity contribution is -0.136. The second-order valence-electron chi connectivity index (χ2n) is 4.45. The molecule has 0 aliphatic heterocycles. The van der Waals surface area contributed by atoms with Crippen molar-refractivity contribution in [3.8, 4) is 5.88 Å². The van der Waals surface area contributed by atoms with Crippen LogP contribution in [-0.2, 0) is 6.18 Å². The van der Waals surface area contributed by atoms with E-state index < -0.39 is 11.7 Å². The Hall–Kier alpha value is -1.72. The van der Waals surface area contributed by atoms with Gasteiger partial charge in [-0.1, -0.05) is 0 Å². The molecule has 0 atom stereocenters. The second-order valence-corrected chi connectivity index (χ2v) is 4.45. The molecule has 1 N–H and O–H groups in total. The predicted molar refractivity (Wildman–Crippen MR) is 59.6 cm³/mol. The van der Waals surface area contributed by atoms with E-state index in [4.69, 9.17) is 4.74 Å². The Morgan fingerprint density at radius 3 is 2.67 bits per heavy atom. The van der Waals surface area contributed by atoms with E-state index in [1.807, 2.05) is 0 Å². The van der Waals surface area contributed by atoms with Crippen LogP contribution in [0.25, 0.3) is 10.9 Å². The summed E-state index contributed by atoms with van der Waals surface area (Å²) in [6.07, 6.45) is -0.0336. The number of aromatic nitrogens is 2. The van der Waals surface area contributed by atoms with E-state index in [1.165, 1.54) is 13.3 Å². The van der Waals surface area contributed by atoms with E-state index in [0.717, 1.165) is 19.0 Å². The van der Waals surface area contributed by atoms with Gasteiger partial charge in [0, 0.05) is 17.8 Å². The number of pyridine rings is 1. The Kier molecular flexibility index (Phi) is 2.30. The Morgan fingerprint density at radius 2 is 2.11 bits per heavy atom. The van der Waals surface area contributed by atoms with E-state index in [0.29, 0.717) is 11.1 Å². The smallest absolute Gasteiger partial charge is 0.418 e. The van der Waals surface area contributed by atoms with E-state index in [-0.39, 0.29) is 17.2 Å². The van der Waals surface area contributed by atoms with Crippen LogP contribution in [0.15, 0.2) is 12.4 Å². The Labute approximate surface area is 101 Å². The summed E-state index contributed by atoms with van der Waals surface area (Å²) in [6, 6.07) is 0. The fourth-order valence-corrected chi connectivity index (χ4v) is 2.23. The van der Waals surface area contributed by atoms with Crippen molar-refractivity contribution in [2.75, 3.05) is 7.11 Å². The van der Waals surface area contributed by atoms with Crippen molar-refractivity contribution < 1.29 is 17.9 Å². The number of hydrogen-bond donors (Lipinski definition) is 1. The van der Waals surface area contributed by atoms with Crippen molar-refractivity contribution >= 4 is 10.9 Å². The van der Waals surface area contributed by atoms with Gasteiger partial charge in [-0.2, -0.15) is 13.2 Å². The highest BCUT2D eigenvalue weighted by Gasteiger charge is 2.37. The molecule has 0 unspecified atom stereocenters. The highest BCUT2D eigenvalue weighted by molar-refractivity contribution is 5.91. The van der Waals surface area contributed by atoms with Crippen LogP contribution in [0.2, 0.25) is 0 Å². The van der Waals surface area contributed by atoms with Crippen molar-refractivity contribution in [3.05, 3.63) is 23.5 Å². The molecule has 18 heavy (non-hydrogen) atoms. The van der Waals surface area contributed by atoms with Crippen molar-refractivity contribution in [2.45, 2.75) is 24.9 Å². The summed E-state index contributed by atoms with van der Waals surface area (Å²) in [5.74, 6) is 0.396. The van der Waals surface area contributed by atoms with Gasteiger partial charge in [0.2, 0.25) is 5.88 Å². The number of fused-ring (bicyclic) bond motifs is 1. The number of aromatic amines is 1. The van der Waals surface area contributed by atoms with Crippen LogP contribution < -0.4 is 4.74 Å². The van der Waals surface area contributed by atoms with Gasteiger partial charge in [-0.3, -0.25) is 0 Å². The lowest BCUT2D eigenvalue weighted by Crippen LogP contribution is -2.04. The highest BCUT2D eigenvalue weighted by Crippen LogP contribution is 2.47. The van der Waals surface area contributed by atoms with Crippen molar-refractivity contribution in [2.24, 2.45) is 0 Å². The normalized spacial score (nSPS) is 16.2. The molecule has 0 aromatic carbocycles. The molecule has 0 bridgehead atoms. The van der Waals surface area contributed by atoms with Crippen LogP contribution in [0.4, 0.5) is 13.2 Å². The molecule has 6 heteroatoms. The van der Waals surface area contributed by atoms with Gasteiger partial charge in [-0.25, -0.2) is 4.98 Å². The molecule has 0 radical (unpaired) electrons. The topological polar surface area (TPSA) is 37.9 Å². The minimum Gasteiger partial charge on any atom is -0.479 e. The first-order chi connectivity index (χ1) is 8.52. The minimum absolute atomic E-state index is 0.197. The monoisotopic (exact) mass is 256 g/mol. The molecule has 0 spiro atoms. The fraction of sp³-hybridized carbons (Fsp3) is 0.417. The number of methoxy groups -OCH3 is 1. The molecule has 3 nitrogen and oxygen atoms in total. The van der Waals surface area contributed by atoms with E-state index in [2.05, 4.69) is 9.97 Å². The van der Waals surface area contributed by atoms with Crippen LogP contribution in [0.5, 0.6) is 5.88 Å². The van der Waals surface area contributed by atoms with Gasteiger partial charge in [0.25, 0.3) is 0 Å². The van der Waals surface area contributed by atoms with Gasteiger partial charge in [-0.05, 0) is 24.3 Å². The van der Waals surface area contributed by atoms with Crippen LogP contribution in [0, 0.1) is 0 Å². The zero-order chi connectivity index (χ0) is 12.9. The van der Waals surface area contributed by atoms with Crippen molar-refractivity contribution in [1.29, 1.82) is 0 Å². The Bertz CT molecular complexity index is 599. The van der Waals surface area contributed by atoms with Gasteiger partial charge in [0.15, 0.2) is 0 Å². The van der Waals surface area contributed by atoms with Crippen LogP contribution in [0.3, 0.4) is 0 Å². The molecule has 3 rings (SSSR count). The summed E-state index contributed by atoms with van der Waals surface area (Å²) in [7, 11) is 1.40. The molecule has 2 aromatic rings. The maximum Gasteiger partial charge on any atom is 0.418 e. The molecule has 96 valence electrons. The zero-order valence-electron chi connectivity index (χ0n) is 9.64. The van der Waals surface area contributed by atoms with Gasteiger partial charge >= 0.3 is 6.18 Å². The van der Waals surface area contributed by atoms with Crippen molar-refractivity contribution in [3.63, 3.8) is 0 Å². The number of H-pyrrole nitrogens is 1. The van der Waals surface area contributed by atoms with Crippen LogP contribution in [-0.4, -0.2) is 17.1 Å². The molecule has 1 aliphatic carbocycles. The summed E-state index contributed by atoms with van der Waals surface area (Å²) in [5, 5.41) is 0.205. The number of rotatable bonds is 2. The number of nitrogens with one attached hydrogen (secondary N) is 1. The maximum absolute atomic E-state index is 13.0. The van der Waals surface area contributed by atoms with Crippen LogP contribution in [0.1, 0.15) is 29.9 Å². The predicted octanol–water partition coefficient (Wildman–Crippen LogP) is 3.47. The fourth-order valence-electron chi connectivity index (χ4n) is 2.23. The molecule has 1 fully saturated rings. The van der Waals surface area contributed by atoms with Gasteiger partial charge in [0.1, 0.15) is 5.52 Å². The molecule has 1 saturated carbocycles. The van der Waals surface area contributed by atoms with Gasteiger partial charge in [0.05, 0.1) is 12.7 Å². The SMILES string of the molecule is COc1ncc(C2CC2)c2c(C(F)(F)F)c[nH]c12. The first kappa shape index (κ1) is 11.4. The van der Waals surface area contributed by atoms with Crippen LogP contribution >= 0.6 is 0 Å². The quantitative estimate of drug-likeness (QED) is 0.893. The summed E-state index contributed by atoms with van der Waals surface area (Å²) in [4.78, 5) is 6.69. The number of halogens is 3. The Balaban J connectivity index is 2.32. The third-order valence-corrected chi connectivity index (χ3v) is 3.22. The Morgan fingerprint density at radius 1 is 1.39 bits per heavy atom. The molecule has 2 heterocycles. The second kappa shape index (κ2) is 3.63. The third kappa shape index (κ3) is 1.63. The molecular formula is C12H11F3N2O. The van der Waals surface area contributed by atoms with E-state index in [1.54, 1.807) is 0 Å². The van der Waals surface area contributed by atoms with Gasteiger partial charge in [-0.15, -0.1) is 0 Å². The number of nitrogens with zero attached hydrogens (tertiary/aromatic N) is 1. The average Bonchev–Trinajstić information content (AvgIpc) is 3.04. The first-order valence-corrected chi connectivity index (χ1v) is 5.63. The van der Waals surface area contributed by atoms with E-state index >= 15 is 0 Å². The standard InChI is InChI=1S/C12H11F3N2O/c1-18-11-10-9(7(4-17-11)6-2-3-6)8(5-16-10)12(13,14)15/h4-6,16H,2-3H2,1H3. The number of hydrogen-bond acceptors (Lipinski definition) is 2. The molecule has 2 aromatic heterocycles. The lowest BCUT2D eigenvalue weighted by atomic mass is 10.0. The van der Waals surface area contributed by atoms with Gasteiger partial charge < -0.3 is 9.72 Å². The summed E-state index contributed by atoms with van der Waals surface area (Å²) < 4.78 is 43.9. The maximum atomic E-state index is 13.0. The summed E-state index contributed by atoms with van der Waals surface area (Å²) >= 11 is 0. The largest absolute Gasteiger partial charge is 0.479 e. The molecule has 0 amide bonds. The molecule has 0 saturated heterocycles. The summed E-state index contributed by atoms with van der Waals surface area (Å²) in [6.45, 7) is 0. The van der Waals surface area contributed by atoms with Crippen molar-refractivity contribution in [1.82, 2.24) is 9.97 Å². The van der Waals surface area contributed by atoms with E-state index in [9.17, 15) is 13.2 Å². The number of alkyl halides is 3. The number of ether oxygens (including phenoxy) is 1. The third-order valence-electron chi connectivity index (χ3n) is 3.22. The molecular weight excluding hydrogens is 245 g/mol. The highest BCUT2D eigenvalue weighted by atomic mass is 19.4. The molecule has 1 aliphatic rings. The zero-order valence-corrected chi connectivity index (χ0v) is 9.64.